The average Bonchev–Trinajstić information content (AvgIpc) is 2.12. The molecule has 1 aliphatic rings. The normalized spacial score (nSPS) is 40.5. The van der Waals surface area contributed by atoms with E-state index in [0.717, 1.165) is 0 Å². The Kier molecular flexibility index (Phi) is 4.23. The summed E-state index contributed by atoms with van der Waals surface area (Å²) in [5.41, 5.74) is 0. The van der Waals surface area contributed by atoms with Gasteiger partial charge in [-0.3, -0.25) is 0 Å². The minimum absolute atomic E-state index is 0.0183. The van der Waals surface area contributed by atoms with Gasteiger partial charge >= 0.3 is 0 Å². The van der Waals surface area contributed by atoms with Gasteiger partial charge in [0.1, 0.15) is 6.10 Å². The van der Waals surface area contributed by atoms with Crippen LogP contribution in [0, 0.1) is 5.92 Å². The summed E-state index contributed by atoms with van der Waals surface area (Å²) in [4.78, 5) is 0. The van der Waals surface area contributed by atoms with Crippen molar-refractivity contribution < 1.29 is 14.2 Å². The van der Waals surface area contributed by atoms with Crippen molar-refractivity contribution >= 4 is 7.85 Å². The van der Waals surface area contributed by atoms with E-state index in [2.05, 4.69) is 6.92 Å². The van der Waals surface area contributed by atoms with Gasteiger partial charge in [-0.15, -0.1) is 0 Å². The van der Waals surface area contributed by atoms with E-state index in [1.54, 1.807) is 14.2 Å². The lowest BCUT2D eigenvalue weighted by molar-refractivity contribution is -0.136. The van der Waals surface area contributed by atoms with Crippen LogP contribution in [-0.2, 0) is 14.2 Å². The molecule has 0 aromatic rings. The highest BCUT2D eigenvalue weighted by atomic mass is 16.6. The van der Waals surface area contributed by atoms with E-state index in [1.807, 2.05) is 0 Å². The van der Waals surface area contributed by atoms with Gasteiger partial charge in [-0.25, -0.2) is 0 Å². The average molecular weight is 184 g/mol. The molecule has 1 fully saturated rings. The summed E-state index contributed by atoms with van der Waals surface area (Å²) >= 11 is 0. The van der Waals surface area contributed by atoms with Crippen LogP contribution in [0.3, 0.4) is 0 Å². The summed E-state index contributed by atoms with van der Waals surface area (Å²) in [5.74, 6) is 0.386. The number of rotatable bonds is 3. The fraction of sp³-hybridized carbons (Fsp3) is 1.00. The van der Waals surface area contributed by atoms with Crippen LogP contribution in [0.2, 0.25) is 5.82 Å². The molecule has 2 radical (unpaired) electrons. The predicted molar refractivity (Wildman–Crippen MR) is 51.1 cm³/mol. The van der Waals surface area contributed by atoms with Gasteiger partial charge in [0.25, 0.3) is 0 Å². The lowest BCUT2D eigenvalue weighted by Crippen LogP contribution is -2.46. The largest absolute Gasteiger partial charge is 0.382 e. The Hall–Kier alpha value is -0.0551. The minimum atomic E-state index is 0.0183. The lowest BCUT2D eigenvalue weighted by atomic mass is 9.72. The minimum Gasteiger partial charge on any atom is -0.382 e. The fourth-order valence-corrected chi connectivity index (χ4v) is 1.74. The lowest BCUT2D eigenvalue weighted by Gasteiger charge is -2.39. The van der Waals surface area contributed by atoms with Crippen LogP contribution in [0.4, 0.5) is 0 Å². The Morgan fingerprint density at radius 1 is 1.46 bits per heavy atom. The van der Waals surface area contributed by atoms with Gasteiger partial charge in [-0.1, -0.05) is 6.92 Å². The Bertz CT molecular complexity index is 154. The highest BCUT2D eigenvalue weighted by molar-refractivity contribution is 6.12. The molecule has 0 saturated carbocycles. The number of ether oxygens (including phenoxy) is 3. The van der Waals surface area contributed by atoms with Gasteiger partial charge in [-0.05, 0) is 11.7 Å². The Morgan fingerprint density at radius 3 is 2.69 bits per heavy atom. The summed E-state index contributed by atoms with van der Waals surface area (Å²) < 4.78 is 15.9. The van der Waals surface area contributed by atoms with Gasteiger partial charge in [0, 0.05) is 20.8 Å². The van der Waals surface area contributed by atoms with E-state index in [-0.39, 0.29) is 18.0 Å². The van der Waals surface area contributed by atoms with E-state index in [1.165, 1.54) is 0 Å². The molecule has 0 N–H and O–H groups in total. The molecule has 0 amide bonds. The monoisotopic (exact) mass is 184 g/mol. The van der Waals surface area contributed by atoms with Crippen molar-refractivity contribution in [1.82, 2.24) is 0 Å². The summed E-state index contributed by atoms with van der Waals surface area (Å²) in [6, 6.07) is 0. The zero-order chi connectivity index (χ0) is 9.84. The predicted octanol–water partition coefficient (Wildman–Crippen LogP) is 0.640. The van der Waals surface area contributed by atoms with Crippen LogP contribution < -0.4 is 0 Å². The third kappa shape index (κ3) is 2.45. The molecule has 0 spiro atoms. The van der Waals surface area contributed by atoms with Crippen molar-refractivity contribution in [1.29, 1.82) is 0 Å². The molecule has 0 aromatic heterocycles. The second-order valence-corrected chi connectivity index (χ2v) is 3.55. The van der Waals surface area contributed by atoms with Crippen molar-refractivity contribution in [2.45, 2.75) is 24.9 Å². The first-order valence-electron chi connectivity index (χ1n) is 4.59. The Morgan fingerprint density at radius 2 is 2.15 bits per heavy atom. The molecular formula is C9H17BO3. The molecule has 13 heavy (non-hydrogen) atoms. The molecular weight excluding hydrogens is 167 g/mol. The third-order valence-electron chi connectivity index (χ3n) is 2.67. The molecule has 74 valence electrons. The third-order valence-corrected chi connectivity index (χ3v) is 2.67. The second-order valence-electron chi connectivity index (χ2n) is 3.55. The molecule has 4 heteroatoms. The summed E-state index contributed by atoms with van der Waals surface area (Å²) in [6.07, 6.45) is 0.0634. The number of hydrogen-bond acceptors (Lipinski definition) is 3. The molecule has 1 aliphatic heterocycles. The van der Waals surface area contributed by atoms with E-state index in [9.17, 15) is 0 Å². The van der Waals surface area contributed by atoms with Gasteiger partial charge < -0.3 is 14.2 Å². The van der Waals surface area contributed by atoms with Crippen molar-refractivity contribution in [3.05, 3.63) is 0 Å². The Labute approximate surface area is 81.1 Å². The van der Waals surface area contributed by atoms with E-state index in [0.29, 0.717) is 19.1 Å². The van der Waals surface area contributed by atoms with Crippen LogP contribution in [0.1, 0.15) is 6.92 Å². The highest BCUT2D eigenvalue weighted by Crippen LogP contribution is 2.29. The molecule has 3 nitrogen and oxygen atoms in total. The molecule has 1 saturated heterocycles. The first-order chi connectivity index (χ1) is 6.20. The molecule has 0 aliphatic carbocycles. The van der Waals surface area contributed by atoms with Crippen LogP contribution >= 0.6 is 0 Å². The number of hydrogen-bond donors (Lipinski definition) is 0. The second kappa shape index (κ2) is 4.98. The molecule has 0 aromatic carbocycles. The highest BCUT2D eigenvalue weighted by Gasteiger charge is 2.35. The van der Waals surface area contributed by atoms with Crippen molar-refractivity contribution in [2.75, 3.05) is 27.4 Å². The zero-order valence-corrected chi connectivity index (χ0v) is 8.53. The van der Waals surface area contributed by atoms with Crippen LogP contribution in [0.5, 0.6) is 0 Å². The van der Waals surface area contributed by atoms with Gasteiger partial charge in [-0.2, -0.15) is 0 Å². The SMILES string of the molecule is [B][C@@H]1CO[C@H](COC)[C@@H](OC)[C@H]1C. The van der Waals surface area contributed by atoms with E-state index >= 15 is 0 Å². The first-order valence-corrected chi connectivity index (χ1v) is 4.59. The van der Waals surface area contributed by atoms with E-state index in [4.69, 9.17) is 22.1 Å². The molecule has 4 atom stereocenters. The van der Waals surface area contributed by atoms with Crippen LogP contribution in [0.15, 0.2) is 0 Å². The van der Waals surface area contributed by atoms with Gasteiger partial charge in [0.05, 0.1) is 20.6 Å². The van der Waals surface area contributed by atoms with Crippen LogP contribution in [-0.4, -0.2) is 47.5 Å². The standard InChI is InChI=1S/C9H17BO3/c1-6-7(10)4-13-8(5-11-2)9(6)12-3/h6-9H,4-5H2,1-3H3/t6-,7+,8+,9-/m0/s1. The van der Waals surface area contributed by atoms with Gasteiger partial charge in [0.15, 0.2) is 0 Å². The summed E-state index contributed by atoms with van der Waals surface area (Å²) in [7, 11) is 9.20. The first kappa shape index (κ1) is 11.0. The maximum absolute atomic E-state index is 5.86. The quantitative estimate of drug-likeness (QED) is 0.602. The zero-order valence-electron chi connectivity index (χ0n) is 8.53. The maximum atomic E-state index is 5.86. The molecule has 1 rings (SSSR count). The van der Waals surface area contributed by atoms with Gasteiger partial charge in [0.2, 0.25) is 0 Å². The van der Waals surface area contributed by atoms with Crippen molar-refractivity contribution in [2.24, 2.45) is 5.92 Å². The Balaban J connectivity index is 2.55. The number of methoxy groups -OCH3 is 2. The molecule has 0 bridgehead atoms. The summed E-state index contributed by atoms with van der Waals surface area (Å²) in [5, 5.41) is 0. The summed E-state index contributed by atoms with van der Waals surface area (Å²) in [6.45, 7) is 3.24. The van der Waals surface area contributed by atoms with E-state index < -0.39 is 0 Å². The smallest absolute Gasteiger partial charge is 0.107 e. The molecule has 1 heterocycles. The topological polar surface area (TPSA) is 27.7 Å². The van der Waals surface area contributed by atoms with Crippen molar-refractivity contribution in [3.8, 4) is 0 Å². The fourth-order valence-electron chi connectivity index (χ4n) is 1.74. The maximum Gasteiger partial charge on any atom is 0.107 e. The van der Waals surface area contributed by atoms with Crippen LogP contribution in [0.25, 0.3) is 0 Å². The molecule has 0 unspecified atom stereocenters. The van der Waals surface area contributed by atoms with Crippen molar-refractivity contribution in [3.63, 3.8) is 0 Å².